The zero-order valence-electron chi connectivity index (χ0n) is 9.72. The van der Waals surface area contributed by atoms with E-state index in [9.17, 15) is 4.79 Å². The summed E-state index contributed by atoms with van der Waals surface area (Å²) in [5.41, 5.74) is 0. The van der Waals surface area contributed by atoms with Crippen LogP contribution in [0.1, 0.15) is 33.6 Å². The number of rotatable bonds is 6. The van der Waals surface area contributed by atoms with Gasteiger partial charge in [-0.1, -0.05) is 6.92 Å². The van der Waals surface area contributed by atoms with Gasteiger partial charge >= 0.3 is 0 Å². The quantitative estimate of drug-likeness (QED) is 0.591. The maximum atomic E-state index is 11.2. The molecule has 0 aliphatic carbocycles. The Hall–Kier alpha value is -0.840. The van der Waals surface area contributed by atoms with Crippen molar-refractivity contribution in [1.29, 1.82) is 0 Å². The van der Waals surface area contributed by atoms with E-state index in [1.807, 2.05) is 20.8 Å². The van der Waals surface area contributed by atoms with E-state index in [2.05, 4.69) is 16.0 Å². The van der Waals surface area contributed by atoms with Gasteiger partial charge in [0.1, 0.15) is 0 Å². The summed E-state index contributed by atoms with van der Waals surface area (Å²) in [6.07, 6.45) is 1.42. The minimum atomic E-state index is 0.0664. The van der Waals surface area contributed by atoms with Gasteiger partial charge in [0.05, 0.1) is 0 Å². The SMILES string of the molecule is CCCNC(=O)CCNC(=S)NC(C)C. The Morgan fingerprint density at radius 3 is 2.47 bits per heavy atom. The summed E-state index contributed by atoms with van der Waals surface area (Å²) in [5, 5.41) is 9.44. The molecule has 0 aromatic heterocycles. The van der Waals surface area contributed by atoms with E-state index in [1.165, 1.54) is 0 Å². The second-order valence-electron chi connectivity index (χ2n) is 3.65. The second kappa shape index (κ2) is 8.47. The second-order valence-corrected chi connectivity index (χ2v) is 4.06. The lowest BCUT2D eigenvalue weighted by Crippen LogP contribution is -2.40. The van der Waals surface area contributed by atoms with Gasteiger partial charge in [-0.05, 0) is 32.5 Å². The number of thiocarbonyl (C=S) groups is 1. The molecule has 0 aliphatic heterocycles. The molecule has 0 unspecified atom stereocenters. The zero-order valence-corrected chi connectivity index (χ0v) is 10.5. The van der Waals surface area contributed by atoms with Crippen LogP contribution < -0.4 is 16.0 Å². The van der Waals surface area contributed by atoms with Gasteiger partial charge in [-0.25, -0.2) is 0 Å². The Bertz CT molecular complexity index is 207. The van der Waals surface area contributed by atoms with E-state index in [4.69, 9.17) is 12.2 Å². The molecular formula is C10H21N3OS. The Morgan fingerprint density at radius 1 is 1.27 bits per heavy atom. The average molecular weight is 231 g/mol. The fourth-order valence-electron chi connectivity index (χ4n) is 0.956. The standard InChI is InChI=1S/C10H21N3OS/c1-4-6-11-9(14)5-7-12-10(15)13-8(2)3/h8H,4-7H2,1-3H3,(H,11,14)(H2,12,13,15). The van der Waals surface area contributed by atoms with Crippen LogP contribution in [0, 0.1) is 0 Å². The monoisotopic (exact) mass is 231 g/mol. The number of hydrogen-bond donors (Lipinski definition) is 3. The van der Waals surface area contributed by atoms with Crippen molar-refractivity contribution in [1.82, 2.24) is 16.0 Å². The predicted molar refractivity (Wildman–Crippen MR) is 66.8 cm³/mol. The first-order valence-corrected chi connectivity index (χ1v) is 5.78. The average Bonchev–Trinajstić information content (AvgIpc) is 2.13. The highest BCUT2D eigenvalue weighted by Gasteiger charge is 2.01. The molecule has 0 heterocycles. The largest absolute Gasteiger partial charge is 0.362 e. The van der Waals surface area contributed by atoms with Gasteiger partial charge in [-0.3, -0.25) is 4.79 Å². The van der Waals surface area contributed by atoms with Crippen LogP contribution in [0.3, 0.4) is 0 Å². The lowest BCUT2D eigenvalue weighted by molar-refractivity contribution is -0.120. The van der Waals surface area contributed by atoms with Gasteiger partial charge in [0.25, 0.3) is 0 Å². The zero-order chi connectivity index (χ0) is 11.7. The van der Waals surface area contributed by atoms with Crippen LogP contribution in [-0.2, 0) is 4.79 Å². The normalized spacial score (nSPS) is 9.87. The van der Waals surface area contributed by atoms with Crippen molar-refractivity contribution in [2.24, 2.45) is 0 Å². The molecule has 0 spiro atoms. The molecule has 0 fully saturated rings. The molecule has 0 aliphatic rings. The molecule has 0 bridgehead atoms. The third-order valence-electron chi connectivity index (χ3n) is 1.63. The van der Waals surface area contributed by atoms with Gasteiger partial charge in [-0.15, -0.1) is 0 Å². The van der Waals surface area contributed by atoms with Crippen molar-refractivity contribution in [3.05, 3.63) is 0 Å². The van der Waals surface area contributed by atoms with Gasteiger partial charge in [0.2, 0.25) is 5.91 Å². The van der Waals surface area contributed by atoms with E-state index >= 15 is 0 Å². The van der Waals surface area contributed by atoms with Crippen LogP contribution in [-0.4, -0.2) is 30.2 Å². The molecule has 0 aromatic rings. The lowest BCUT2D eigenvalue weighted by atomic mass is 10.3. The first-order valence-electron chi connectivity index (χ1n) is 5.37. The fourth-order valence-corrected chi connectivity index (χ4v) is 1.29. The van der Waals surface area contributed by atoms with Crippen molar-refractivity contribution < 1.29 is 4.79 Å². The number of hydrogen-bond acceptors (Lipinski definition) is 2. The topological polar surface area (TPSA) is 53.2 Å². The Kier molecular flexibility index (Phi) is 7.99. The van der Waals surface area contributed by atoms with Crippen LogP contribution in [0.15, 0.2) is 0 Å². The Labute approximate surface area is 97.2 Å². The summed E-state index contributed by atoms with van der Waals surface area (Å²) in [7, 11) is 0. The van der Waals surface area contributed by atoms with E-state index < -0.39 is 0 Å². The molecule has 3 N–H and O–H groups in total. The van der Waals surface area contributed by atoms with Gasteiger partial charge in [-0.2, -0.15) is 0 Å². The first-order chi connectivity index (χ1) is 7.06. The minimum Gasteiger partial charge on any atom is -0.362 e. The van der Waals surface area contributed by atoms with Crippen molar-refractivity contribution in [2.75, 3.05) is 13.1 Å². The van der Waals surface area contributed by atoms with Gasteiger partial charge in [0, 0.05) is 25.6 Å². The number of carbonyl (C=O) groups excluding carboxylic acids is 1. The molecule has 88 valence electrons. The maximum absolute atomic E-state index is 11.2. The Morgan fingerprint density at radius 2 is 1.93 bits per heavy atom. The van der Waals surface area contributed by atoms with Crippen LogP contribution in [0.4, 0.5) is 0 Å². The molecule has 4 nitrogen and oxygen atoms in total. The third kappa shape index (κ3) is 9.46. The fraction of sp³-hybridized carbons (Fsp3) is 0.800. The van der Waals surface area contributed by atoms with Crippen LogP contribution in [0.25, 0.3) is 0 Å². The molecule has 0 saturated carbocycles. The molecule has 0 saturated heterocycles. The van der Waals surface area contributed by atoms with E-state index in [1.54, 1.807) is 0 Å². The highest BCUT2D eigenvalue weighted by molar-refractivity contribution is 7.80. The molecule has 0 radical (unpaired) electrons. The Balaban J connectivity index is 3.44. The summed E-state index contributed by atoms with van der Waals surface area (Å²) < 4.78 is 0. The lowest BCUT2D eigenvalue weighted by Gasteiger charge is -2.12. The van der Waals surface area contributed by atoms with Crippen LogP contribution in [0.2, 0.25) is 0 Å². The molecule has 0 aromatic carbocycles. The summed E-state index contributed by atoms with van der Waals surface area (Å²) in [6, 6.07) is 0.318. The van der Waals surface area contributed by atoms with E-state index in [-0.39, 0.29) is 5.91 Å². The summed E-state index contributed by atoms with van der Waals surface area (Å²) in [5.74, 6) is 0.0664. The summed E-state index contributed by atoms with van der Waals surface area (Å²) in [4.78, 5) is 11.2. The number of carbonyl (C=O) groups is 1. The van der Waals surface area contributed by atoms with Crippen molar-refractivity contribution in [2.45, 2.75) is 39.7 Å². The summed E-state index contributed by atoms with van der Waals surface area (Å²) >= 11 is 5.02. The maximum Gasteiger partial charge on any atom is 0.221 e. The number of nitrogens with one attached hydrogen (secondary N) is 3. The van der Waals surface area contributed by atoms with Gasteiger partial charge < -0.3 is 16.0 Å². The smallest absolute Gasteiger partial charge is 0.221 e. The van der Waals surface area contributed by atoms with Crippen LogP contribution >= 0.6 is 12.2 Å². The highest BCUT2D eigenvalue weighted by atomic mass is 32.1. The van der Waals surface area contributed by atoms with E-state index in [0.717, 1.165) is 13.0 Å². The van der Waals surface area contributed by atoms with Crippen molar-refractivity contribution >= 4 is 23.2 Å². The van der Waals surface area contributed by atoms with Crippen molar-refractivity contribution in [3.8, 4) is 0 Å². The van der Waals surface area contributed by atoms with Gasteiger partial charge in [0.15, 0.2) is 5.11 Å². The first kappa shape index (κ1) is 14.2. The van der Waals surface area contributed by atoms with E-state index in [0.29, 0.717) is 24.1 Å². The molecule has 15 heavy (non-hydrogen) atoms. The molecule has 0 atom stereocenters. The molecule has 0 rings (SSSR count). The molecule has 1 amide bonds. The predicted octanol–water partition coefficient (Wildman–Crippen LogP) is 0.775. The molecular weight excluding hydrogens is 210 g/mol. The summed E-state index contributed by atoms with van der Waals surface area (Å²) in [6.45, 7) is 7.38. The third-order valence-corrected chi connectivity index (χ3v) is 1.89. The van der Waals surface area contributed by atoms with Crippen molar-refractivity contribution in [3.63, 3.8) is 0 Å². The van der Waals surface area contributed by atoms with Crippen LogP contribution in [0.5, 0.6) is 0 Å². The minimum absolute atomic E-state index is 0.0664. The molecule has 5 heteroatoms. The highest BCUT2D eigenvalue weighted by Crippen LogP contribution is 1.81. The number of amides is 1.